The number of hydrazone groups is 1. The lowest BCUT2D eigenvalue weighted by Crippen LogP contribution is -2.15. The molecule has 1 heterocycles. The van der Waals surface area contributed by atoms with E-state index in [0.29, 0.717) is 11.1 Å². The molecule has 0 saturated carbocycles. The SMILES string of the molecule is CC(=O)N/N=C(\C)c1c(O)n(-c2ccccc2)c2cc(C(F)(F)F)ccc12. The van der Waals surface area contributed by atoms with E-state index < -0.39 is 17.6 Å². The first kappa shape index (κ1) is 18.5. The molecule has 0 aliphatic heterocycles. The summed E-state index contributed by atoms with van der Waals surface area (Å²) in [5.41, 5.74) is 2.63. The highest BCUT2D eigenvalue weighted by atomic mass is 19.4. The molecule has 0 atom stereocenters. The Morgan fingerprint density at radius 3 is 2.37 bits per heavy atom. The zero-order valence-corrected chi connectivity index (χ0v) is 14.5. The molecule has 3 rings (SSSR count). The van der Waals surface area contributed by atoms with E-state index in [1.165, 1.54) is 17.6 Å². The molecule has 27 heavy (non-hydrogen) atoms. The number of carbonyl (C=O) groups excluding carboxylic acids is 1. The predicted molar refractivity (Wildman–Crippen MR) is 96.0 cm³/mol. The number of halogens is 3. The molecule has 0 radical (unpaired) electrons. The molecule has 0 bridgehead atoms. The minimum atomic E-state index is -4.52. The van der Waals surface area contributed by atoms with Crippen molar-refractivity contribution in [1.29, 1.82) is 0 Å². The van der Waals surface area contributed by atoms with E-state index in [1.54, 1.807) is 37.3 Å². The van der Waals surface area contributed by atoms with Crippen LogP contribution in [-0.2, 0) is 11.0 Å². The average molecular weight is 375 g/mol. The number of alkyl halides is 3. The molecular weight excluding hydrogens is 359 g/mol. The number of para-hydroxylation sites is 1. The molecule has 8 heteroatoms. The lowest BCUT2D eigenvalue weighted by atomic mass is 10.1. The molecule has 5 nitrogen and oxygen atoms in total. The van der Waals surface area contributed by atoms with Gasteiger partial charge in [0.1, 0.15) is 0 Å². The fraction of sp³-hybridized carbons (Fsp3) is 0.158. The summed E-state index contributed by atoms with van der Waals surface area (Å²) in [5, 5.41) is 15.1. The highest BCUT2D eigenvalue weighted by molar-refractivity contribution is 6.13. The number of nitrogens with one attached hydrogen (secondary N) is 1. The second kappa shape index (κ2) is 6.79. The van der Waals surface area contributed by atoms with Gasteiger partial charge in [-0.15, -0.1) is 0 Å². The van der Waals surface area contributed by atoms with Gasteiger partial charge in [0.05, 0.1) is 22.4 Å². The molecule has 140 valence electrons. The number of carbonyl (C=O) groups is 1. The molecule has 0 unspecified atom stereocenters. The number of nitrogens with zero attached hydrogens (tertiary/aromatic N) is 2. The molecule has 0 aliphatic rings. The van der Waals surface area contributed by atoms with Gasteiger partial charge >= 0.3 is 6.18 Å². The molecule has 1 amide bonds. The molecule has 3 aromatic rings. The van der Waals surface area contributed by atoms with Crippen LogP contribution in [-0.4, -0.2) is 21.3 Å². The fourth-order valence-corrected chi connectivity index (χ4v) is 2.86. The van der Waals surface area contributed by atoms with Crippen molar-refractivity contribution in [2.24, 2.45) is 5.10 Å². The number of aromatic nitrogens is 1. The van der Waals surface area contributed by atoms with E-state index in [9.17, 15) is 23.1 Å². The largest absolute Gasteiger partial charge is 0.494 e. The van der Waals surface area contributed by atoms with Crippen LogP contribution in [0.5, 0.6) is 5.88 Å². The summed E-state index contributed by atoms with van der Waals surface area (Å²) in [6.07, 6.45) is -4.52. The second-order valence-corrected chi connectivity index (χ2v) is 5.96. The third kappa shape index (κ3) is 3.51. The van der Waals surface area contributed by atoms with Crippen LogP contribution in [0.3, 0.4) is 0 Å². The van der Waals surface area contributed by atoms with Crippen molar-refractivity contribution < 1.29 is 23.1 Å². The van der Waals surface area contributed by atoms with Crippen LogP contribution in [0.25, 0.3) is 16.6 Å². The summed E-state index contributed by atoms with van der Waals surface area (Å²) in [6, 6.07) is 11.8. The van der Waals surface area contributed by atoms with Gasteiger partial charge in [0.15, 0.2) is 0 Å². The number of hydrogen-bond acceptors (Lipinski definition) is 3. The molecule has 0 fully saturated rings. The maximum atomic E-state index is 13.2. The Morgan fingerprint density at radius 1 is 1.11 bits per heavy atom. The topological polar surface area (TPSA) is 66.6 Å². The number of aromatic hydroxyl groups is 1. The minimum Gasteiger partial charge on any atom is -0.494 e. The van der Waals surface area contributed by atoms with Crippen LogP contribution in [0.4, 0.5) is 13.2 Å². The molecule has 2 N–H and O–H groups in total. The van der Waals surface area contributed by atoms with E-state index in [1.807, 2.05) is 0 Å². The maximum absolute atomic E-state index is 13.2. The Kier molecular flexibility index (Phi) is 4.65. The van der Waals surface area contributed by atoms with Gasteiger partial charge in [-0.2, -0.15) is 18.3 Å². The van der Waals surface area contributed by atoms with Crippen molar-refractivity contribution in [3.05, 3.63) is 59.7 Å². The summed E-state index contributed by atoms with van der Waals surface area (Å²) in [4.78, 5) is 11.1. The number of fused-ring (bicyclic) bond motifs is 1. The van der Waals surface area contributed by atoms with Crippen LogP contribution in [0.15, 0.2) is 53.6 Å². The van der Waals surface area contributed by atoms with Gasteiger partial charge in [-0.1, -0.05) is 24.3 Å². The van der Waals surface area contributed by atoms with Gasteiger partial charge in [0, 0.05) is 18.0 Å². The maximum Gasteiger partial charge on any atom is 0.416 e. The second-order valence-electron chi connectivity index (χ2n) is 5.96. The molecular formula is C19H16F3N3O2. The quantitative estimate of drug-likeness (QED) is 0.532. The Bertz CT molecular complexity index is 1040. The van der Waals surface area contributed by atoms with Crippen LogP contribution in [0.1, 0.15) is 25.0 Å². The van der Waals surface area contributed by atoms with Gasteiger partial charge in [-0.25, -0.2) is 5.43 Å². The van der Waals surface area contributed by atoms with E-state index in [0.717, 1.165) is 12.1 Å². The lowest BCUT2D eigenvalue weighted by Gasteiger charge is -2.09. The van der Waals surface area contributed by atoms with E-state index in [-0.39, 0.29) is 22.7 Å². The summed E-state index contributed by atoms with van der Waals surface area (Å²) in [7, 11) is 0. The Balaban J connectivity index is 2.33. The van der Waals surface area contributed by atoms with Gasteiger partial charge in [0.2, 0.25) is 11.8 Å². The first-order chi connectivity index (χ1) is 12.7. The fourth-order valence-electron chi connectivity index (χ4n) is 2.86. The smallest absolute Gasteiger partial charge is 0.416 e. The van der Waals surface area contributed by atoms with Crippen LogP contribution < -0.4 is 5.43 Å². The predicted octanol–water partition coefficient (Wildman–Crippen LogP) is 4.22. The third-order valence-corrected chi connectivity index (χ3v) is 4.03. The van der Waals surface area contributed by atoms with Gasteiger partial charge < -0.3 is 5.11 Å². The molecule has 1 aromatic heterocycles. The first-order valence-corrected chi connectivity index (χ1v) is 8.01. The lowest BCUT2D eigenvalue weighted by molar-refractivity contribution is -0.137. The Morgan fingerprint density at radius 2 is 1.78 bits per heavy atom. The zero-order chi connectivity index (χ0) is 19.8. The molecule has 0 spiro atoms. The monoisotopic (exact) mass is 375 g/mol. The molecule has 2 aromatic carbocycles. The summed E-state index contributed by atoms with van der Waals surface area (Å²) >= 11 is 0. The number of benzene rings is 2. The standard InChI is InChI=1S/C19H16F3N3O2/c1-11(23-24-12(2)26)17-15-9-8-13(19(20,21)22)10-16(15)25(18(17)27)14-6-4-3-5-7-14/h3-10,27H,1-2H3,(H,24,26)/b23-11+. The minimum absolute atomic E-state index is 0.181. The van der Waals surface area contributed by atoms with E-state index in [4.69, 9.17) is 0 Å². The van der Waals surface area contributed by atoms with E-state index >= 15 is 0 Å². The van der Waals surface area contributed by atoms with Gasteiger partial charge in [0.25, 0.3) is 0 Å². The summed E-state index contributed by atoms with van der Waals surface area (Å²) in [6.45, 7) is 2.83. The van der Waals surface area contributed by atoms with Crippen molar-refractivity contribution in [2.75, 3.05) is 0 Å². The van der Waals surface area contributed by atoms with Crippen molar-refractivity contribution >= 4 is 22.5 Å². The number of amides is 1. The summed E-state index contributed by atoms with van der Waals surface area (Å²) in [5.74, 6) is -0.665. The van der Waals surface area contributed by atoms with Crippen LogP contribution in [0, 0.1) is 0 Å². The molecule has 0 aliphatic carbocycles. The number of hydrogen-bond donors (Lipinski definition) is 2. The average Bonchev–Trinajstić information content (AvgIpc) is 2.90. The van der Waals surface area contributed by atoms with Crippen LogP contribution in [0.2, 0.25) is 0 Å². The first-order valence-electron chi connectivity index (χ1n) is 8.01. The highest BCUT2D eigenvalue weighted by Crippen LogP contribution is 2.38. The highest BCUT2D eigenvalue weighted by Gasteiger charge is 2.32. The van der Waals surface area contributed by atoms with E-state index in [2.05, 4.69) is 10.5 Å². The zero-order valence-electron chi connectivity index (χ0n) is 14.5. The van der Waals surface area contributed by atoms with Gasteiger partial charge in [-0.3, -0.25) is 9.36 Å². The third-order valence-electron chi connectivity index (χ3n) is 4.03. The van der Waals surface area contributed by atoms with Crippen molar-refractivity contribution in [2.45, 2.75) is 20.0 Å². The summed E-state index contributed by atoms with van der Waals surface area (Å²) < 4.78 is 40.9. The van der Waals surface area contributed by atoms with Gasteiger partial charge in [-0.05, 0) is 31.2 Å². The van der Waals surface area contributed by atoms with Crippen molar-refractivity contribution in [1.82, 2.24) is 9.99 Å². The molecule has 0 saturated heterocycles. The van der Waals surface area contributed by atoms with Crippen molar-refractivity contribution in [3.63, 3.8) is 0 Å². The number of rotatable bonds is 3. The Hall–Kier alpha value is -3.29. The van der Waals surface area contributed by atoms with Crippen molar-refractivity contribution in [3.8, 4) is 11.6 Å². The normalized spacial score (nSPS) is 12.4. The van der Waals surface area contributed by atoms with Crippen LogP contribution >= 0.6 is 0 Å². The Labute approximate surface area is 152 Å².